The Balaban J connectivity index is 2.16. The normalized spacial score (nSPS) is 11.7. The van der Waals surface area contributed by atoms with Gasteiger partial charge >= 0.3 is 0 Å². The third-order valence-electron chi connectivity index (χ3n) is 5.12. The molecule has 29 heavy (non-hydrogen) atoms. The van der Waals surface area contributed by atoms with Crippen LogP contribution in [-0.4, -0.2) is 29.3 Å². The molecule has 0 saturated heterocycles. The third-order valence-corrected chi connectivity index (χ3v) is 5.12. The van der Waals surface area contributed by atoms with Crippen LogP contribution in [0.15, 0.2) is 54.6 Å². The average Bonchev–Trinajstić information content (AvgIpc) is 2.73. The fourth-order valence-corrected chi connectivity index (χ4v) is 3.47. The highest BCUT2D eigenvalue weighted by Crippen LogP contribution is 2.16. The summed E-state index contributed by atoms with van der Waals surface area (Å²) in [6, 6.07) is 17.7. The minimum absolute atomic E-state index is 0.0212. The minimum Gasteiger partial charge on any atom is -0.354 e. The maximum Gasteiger partial charge on any atom is 0.242 e. The van der Waals surface area contributed by atoms with Gasteiger partial charge in [0.1, 0.15) is 6.04 Å². The van der Waals surface area contributed by atoms with Crippen LogP contribution in [-0.2, 0) is 22.6 Å². The maximum absolute atomic E-state index is 13.2. The smallest absolute Gasteiger partial charge is 0.242 e. The number of carbonyl (C=O) groups excluding carboxylic acids is 2. The van der Waals surface area contributed by atoms with Crippen molar-refractivity contribution >= 4 is 11.8 Å². The highest BCUT2D eigenvalue weighted by molar-refractivity contribution is 5.87. The van der Waals surface area contributed by atoms with Crippen molar-refractivity contribution in [3.63, 3.8) is 0 Å². The summed E-state index contributed by atoms with van der Waals surface area (Å²) in [5, 5.41) is 3.01. The average molecular weight is 395 g/mol. The van der Waals surface area contributed by atoms with E-state index in [1.807, 2.05) is 62.4 Å². The zero-order valence-corrected chi connectivity index (χ0v) is 18.0. The van der Waals surface area contributed by atoms with Crippen LogP contribution >= 0.6 is 0 Å². The highest BCUT2D eigenvalue weighted by atomic mass is 16.2. The molecule has 0 spiro atoms. The number of nitrogens with zero attached hydrogens (tertiary/aromatic N) is 1. The summed E-state index contributed by atoms with van der Waals surface area (Å²) in [7, 11) is 0. The molecule has 1 unspecified atom stereocenters. The first-order valence-electron chi connectivity index (χ1n) is 10.7. The maximum atomic E-state index is 13.2. The van der Waals surface area contributed by atoms with E-state index in [1.165, 1.54) is 0 Å². The van der Waals surface area contributed by atoms with Crippen LogP contribution in [0.2, 0.25) is 0 Å². The molecule has 2 rings (SSSR count). The number of carbonyl (C=O) groups is 2. The molecule has 0 fully saturated rings. The third kappa shape index (κ3) is 7.37. The summed E-state index contributed by atoms with van der Waals surface area (Å²) in [5.74, 6) is -0.0329. The largest absolute Gasteiger partial charge is 0.354 e. The molecular formula is C25H34N2O2. The van der Waals surface area contributed by atoms with Gasteiger partial charge in [-0.25, -0.2) is 0 Å². The number of rotatable bonds is 11. The van der Waals surface area contributed by atoms with E-state index in [1.54, 1.807) is 4.90 Å². The Morgan fingerprint density at radius 1 is 1.00 bits per heavy atom. The van der Waals surface area contributed by atoms with Crippen LogP contribution in [0.25, 0.3) is 0 Å². The quantitative estimate of drug-likeness (QED) is 0.564. The van der Waals surface area contributed by atoms with Crippen LogP contribution < -0.4 is 5.32 Å². The van der Waals surface area contributed by atoms with E-state index < -0.39 is 6.04 Å². The number of unbranched alkanes of at least 4 members (excludes halogenated alkanes) is 1. The standard InChI is InChI=1S/C25H34N2O2/c1-4-6-17-26-25(29)23(5-2)27(19-22-14-10-11-20(3)18-22)24(28)16-15-21-12-8-7-9-13-21/h7-14,18,23H,4-6,15-17,19H2,1-3H3,(H,26,29). The number of nitrogens with one attached hydrogen (secondary N) is 1. The van der Waals surface area contributed by atoms with E-state index in [0.29, 0.717) is 32.4 Å². The highest BCUT2D eigenvalue weighted by Gasteiger charge is 2.28. The molecular weight excluding hydrogens is 360 g/mol. The Kier molecular flexibility index (Phi) is 9.42. The van der Waals surface area contributed by atoms with Gasteiger partial charge in [0.05, 0.1) is 0 Å². The molecule has 0 aliphatic carbocycles. The minimum atomic E-state index is -0.448. The summed E-state index contributed by atoms with van der Waals surface area (Å²) in [6.07, 6.45) is 3.65. The van der Waals surface area contributed by atoms with Gasteiger partial charge in [-0.05, 0) is 37.3 Å². The van der Waals surface area contributed by atoms with Crippen molar-refractivity contribution in [2.24, 2.45) is 0 Å². The molecule has 0 saturated carbocycles. The molecule has 2 aromatic carbocycles. The van der Waals surface area contributed by atoms with Crippen LogP contribution in [0.4, 0.5) is 0 Å². The van der Waals surface area contributed by atoms with Gasteiger partial charge in [-0.1, -0.05) is 80.4 Å². The molecule has 0 radical (unpaired) electrons. The second-order valence-electron chi connectivity index (χ2n) is 7.56. The number of hydrogen-bond acceptors (Lipinski definition) is 2. The molecule has 1 N–H and O–H groups in total. The van der Waals surface area contributed by atoms with E-state index in [2.05, 4.69) is 18.3 Å². The van der Waals surface area contributed by atoms with E-state index in [0.717, 1.165) is 29.5 Å². The number of aryl methyl sites for hydroxylation is 2. The van der Waals surface area contributed by atoms with Gasteiger partial charge in [-0.2, -0.15) is 0 Å². The van der Waals surface area contributed by atoms with Gasteiger partial charge < -0.3 is 10.2 Å². The molecule has 1 atom stereocenters. The predicted molar refractivity (Wildman–Crippen MR) is 118 cm³/mol. The van der Waals surface area contributed by atoms with Gasteiger partial charge in [-0.3, -0.25) is 9.59 Å². The molecule has 0 heterocycles. The summed E-state index contributed by atoms with van der Waals surface area (Å²) < 4.78 is 0. The van der Waals surface area contributed by atoms with Crippen LogP contribution in [0.3, 0.4) is 0 Å². The molecule has 0 aliphatic heterocycles. The van der Waals surface area contributed by atoms with Crippen molar-refractivity contribution in [1.82, 2.24) is 10.2 Å². The lowest BCUT2D eigenvalue weighted by molar-refractivity contribution is -0.141. The summed E-state index contributed by atoms with van der Waals surface area (Å²) in [6.45, 7) is 7.22. The molecule has 0 aromatic heterocycles. The molecule has 2 amide bonds. The van der Waals surface area contributed by atoms with E-state index in [-0.39, 0.29) is 11.8 Å². The molecule has 4 heteroatoms. The Bertz CT molecular complexity index is 773. The van der Waals surface area contributed by atoms with Gasteiger partial charge in [0.2, 0.25) is 11.8 Å². The van der Waals surface area contributed by atoms with Gasteiger partial charge in [0, 0.05) is 19.5 Å². The first-order chi connectivity index (χ1) is 14.0. The monoisotopic (exact) mass is 394 g/mol. The van der Waals surface area contributed by atoms with Crippen molar-refractivity contribution in [2.75, 3.05) is 6.54 Å². The lowest BCUT2D eigenvalue weighted by atomic mass is 10.1. The SMILES string of the molecule is CCCCNC(=O)C(CC)N(Cc1cccc(C)c1)C(=O)CCc1ccccc1. The molecule has 4 nitrogen and oxygen atoms in total. The van der Waals surface area contributed by atoms with Crippen molar-refractivity contribution in [2.45, 2.75) is 65.5 Å². The van der Waals surface area contributed by atoms with E-state index in [4.69, 9.17) is 0 Å². The van der Waals surface area contributed by atoms with Gasteiger partial charge in [0.15, 0.2) is 0 Å². The molecule has 2 aromatic rings. The van der Waals surface area contributed by atoms with Crippen molar-refractivity contribution < 1.29 is 9.59 Å². The van der Waals surface area contributed by atoms with Gasteiger partial charge in [0.25, 0.3) is 0 Å². The number of benzene rings is 2. The van der Waals surface area contributed by atoms with Crippen molar-refractivity contribution in [1.29, 1.82) is 0 Å². The molecule has 0 bridgehead atoms. The fraction of sp³-hybridized carbons (Fsp3) is 0.440. The van der Waals surface area contributed by atoms with Crippen LogP contribution in [0.1, 0.15) is 56.2 Å². The van der Waals surface area contributed by atoms with Crippen LogP contribution in [0, 0.1) is 6.92 Å². The van der Waals surface area contributed by atoms with E-state index in [9.17, 15) is 9.59 Å². The summed E-state index contributed by atoms with van der Waals surface area (Å²) in [5.41, 5.74) is 3.34. The summed E-state index contributed by atoms with van der Waals surface area (Å²) in [4.78, 5) is 27.8. The number of hydrogen-bond donors (Lipinski definition) is 1. The topological polar surface area (TPSA) is 49.4 Å². The second kappa shape index (κ2) is 12.1. The van der Waals surface area contributed by atoms with E-state index >= 15 is 0 Å². The lowest BCUT2D eigenvalue weighted by Crippen LogP contribution is -2.49. The zero-order chi connectivity index (χ0) is 21.1. The Labute approximate surface area is 175 Å². The molecule has 0 aliphatic rings. The lowest BCUT2D eigenvalue weighted by Gasteiger charge is -2.31. The molecule has 156 valence electrons. The summed E-state index contributed by atoms with van der Waals surface area (Å²) >= 11 is 0. The fourth-order valence-electron chi connectivity index (χ4n) is 3.47. The zero-order valence-electron chi connectivity index (χ0n) is 18.0. The van der Waals surface area contributed by atoms with Gasteiger partial charge in [-0.15, -0.1) is 0 Å². The first-order valence-corrected chi connectivity index (χ1v) is 10.7. The van der Waals surface area contributed by atoms with Crippen LogP contribution in [0.5, 0.6) is 0 Å². The Hall–Kier alpha value is -2.62. The number of amides is 2. The first kappa shape index (κ1) is 22.7. The Morgan fingerprint density at radius 2 is 1.72 bits per heavy atom. The predicted octanol–water partition coefficient (Wildman–Crippen LogP) is 4.65. The van der Waals surface area contributed by atoms with Crippen molar-refractivity contribution in [3.05, 3.63) is 71.3 Å². The second-order valence-corrected chi connectivity index (χ2v) is 7.56. The van der Waals surface area contributed by atoms with Crippen molar-refractivity contribution in [3.8, 4) is 0 Å². The Morgan fingerprint density at radius 3 is 2.38 bits per heavy atom.